The average molecular weight is 220 g/mol. The molecule has 3 nitrogen and oxygen atoms in total. The summed E-state index contributed by atoms with van der Waals surface area (Å²) in [5, 5.41) is 2.97. The normalized spacial score (nSPS) is 12.5. The molecule has 0 saturated carbocycles. The van der Waals surface area contributed by atoms with Crippen molar-refractivity contribution in [3.8, 4) is 0 Å². The van der Waals surface area contributed by atoms with Gasteiger partial charge in [-0.05, 0) is 30.5 Å². The minimum atomic E-state index is 0.0480. The molecule has 16 heavy (non-hydrogen) atoms. The lowest BCUT2D eigenvalue weighted by Crippen LogP contribution is -2.37. The Bertz CT molecular complexity index is 361. The van der Waals surface area contributed by atoms with Gasteiger partial charge in [0.25, 0.3) is 0 Å². The van der Waals surface area contributed by atoms with E-state index < -0.39 is 0 Å². The van der Waals surface area contributed by atoms with Gasteiger partial charge in [-0.25, -0.2) is 0 Å². The first-order valence-electron chi connectivity index (χ1n) is 5.63. The number of hydrogen-bond donors (Lipinski definition) is 2. The predicted molar refractivity (Wildman–Crippen MR) is 67.0 cm³/mol. The Labute approximate surface area is 97.0 Å². The standard InChI is InChI=1S/C13H20N2O/c1-9(2)10(3)15-13(16)8-11-5-4-6-12(14)7-11/h4-7,9-10H,8,14H2,1-3H3,(H,15,16)/t10-/m1/s1. The van der Waals surface area contributed by atoms with Crippen molar-refractivity contribution >= 4 is 11.6 Å². The number of rotatable bonds is 4. The fourth-order valence-corrected chi connectivity index (χ4v) is 1.36. The van der Waals surface area contributed by atoms with Gasteiger partial charge >= 0.3 is 0 Å². The third-order valence-corrected chi connectivity index (χ3v) is 2.70. The molecule has 0 radical (unpaired) electrons. The molecule has 0 saturated heterocycles. The van der Waals surface area contributed by atoms with Crippen LogP contribution in [0.25, 0.3) is 0 Å². The summed E-state index contributed by atoms with van der Waals surface area (Å²) in [5.74, 6) is 0.497. The second kappa shape index (κ2) is 5.54. The molecule has 0 aliphatic rings. The lowest BCUT2D eigenvalue weighted by Gasteiger charge is -2.17. The van der Waals surface area contributed by atoms with Crippen molar-refractivity contribution in [2.24, 2.45) is 5.92 Å². The predicted octanol–water partition coefficient (Wildman–Crippen LogP) is 1.97. The number of amides is 1. The smallest absolute Gasteiger partial charge is 0.224 e. The molecular weight excluding hydrogens is 200 g/mol. The van der Waals surface area contributed by atoms with E-state index >= 15 is 0 Å². The number of carbonyl (C=O) groups is 1. The molecule has 88 valence electrons. The zero-order valence-corrected chi connectivity index (χ0v) is 10.2. The van der Waals surface area contributed by atoms with Crippen LogP contribution in [0, 0.1) is 5.92 Å². The second-order valence-electron chi connectivity index (χ2n) is 4.52. The molecule has 1 atom stereocenters. The van der Waals surface area contributed by atoms with Crippen molar-refractivity contribution in [3.63, 3.8) is 0 Å². The summed E-state index contributed by atoms with van der Waals surface area (Å²) in [7, 11) is 0. The molecule has 0 unspecified atom stereocenters. The largest absolute Gasteiger partial charge is 0.399 e. The molecule has 0 spiro atoms. The van der Waals surface area contributed by atoms with Gasteiger partial charge in [0.2, 0.25) is 5.91 Å². The third kappa shape index (κ3) is 3.93. The van der Waals surface area contributed by atoms with E-state index in [0.717, 1.165) is 5.56 Å². The number of carbonyl (C=O) groups excluding carboxylic acids is 1. The van der Waals surface area contributed by atoms with Gasteiger partial charge in [0.15, 0.2) is 0 Å². The van der Waals surface area contributed by atoms with E-state index in [1.807, 2.05) is 31.2 Å². The van der Waals surface area contributed by atoms with Crippen molar-refractivity contribution in [3.05, 3.63) is 29.8 Å². The highest BCUT2D eigenvalue weighted by Gasteiger charge is 2.10. The minimum absolute atomic E-state index is 0.0480. The van der Waals surface area contributed by atoms with Gasteiger partial charge < -0.3 is 11.1 Å². The van der Waals surface area contributed by atoms with E-state index in [-0.39, 0.29) is 11.9 Å². The molecule has 1 rings (SSSR count). The van der Waals surface area contributed by atoms with Gasteiger partial charge in [0, 0.05) is 11.7 Å². The van der Waals surface area contributed by atoms with E-state index in [4.69, 9.17) is 5.73 Å². The molecule has 3 N–H and O–H groups in total. The van der Waals surface area contributed by atoms with Crippen molar-refractivity contribution < 1.29 is 4.79 Å². The number of nitrogens with two attached hydrogens (primary N) is 1. The Hall–Kier alpha value is -1.51. The first-order chi connectivity index (χ1) is 7.49. The number of anilines is 1. The first-order valence-corrected chi connectivity index (χ1v) is 5.63. The molecule has 0 bridgehead atoms. The number of nitrogen functional groups attached to an aromatic ring is 1. The molecule has 1 aromatic rings. The molecule has 1 aromatic carbocycles. The summed E-state index contributed by atoms with van der Waals surface area (Å²) in [6, 6.07) is 7.63. The first kappa shape index (κ1) is 12.6. The van der Waals surface area contributed by atoms with Crippen LogP contribution in [0.2, 0.25) is 0 Å². The van der Waals surface area contributed by atoms with E-state index in [9.17, 15) is 4.79 Å². The SMILES string of the molecule is CC(C)[C@@H](C)NC(=O)Cc1cccc(N)c1. The van der Waals surface area contributed by atoms with Crippen LogP contribution in [0.15, 0.2) is 24.3 Å². The van der Waals surface area contributed by atoms with Gasteiger partial charge in [0.05, 0.1) is 6.42 Å². The maximum absolute atomic E-state index is 11.7. The van der Waals surface area contributed by atoms with Gasteiger partial charge in [-0.15, -0.1) is 0 Å². The molecular formula is C13H20N2O. The molecule has 0 fully saturated rings. The van der Waals surface area contributed by atoms with Gasteiger partial charge in [-0.2, -0.15) is 0 Å². The van der Waals surface area contributed by atoms with Gasteiger partial charge in [-0.1, -0.05) is 26.0 Å². The van der Waals surface area contributed by atoms with Crippen LogP contribution < -0.4 is 11.1 Å². The summed E-state index contributed by atoms with van der Waals surface area (Å²) in [4.78, 5) is 11.7. The molecule has 0 aromatic heterocycles. The summed E-state index contributed by atoms with van der Waals surface area (Å²) in [6.45, 7) is 6.19. The molecule has 0 aliphatic heterocycles. The van der Waals surface area contributed by atoms with E-state index in [0.29, 0.717) is 18.0 Å². The van der Waals surface area contributed by atoms with E-state index in [1.165, 1.54) is 0 Å². The number of nitrogens with one attached hydrogen (secondary N) is 1. The Kier molecular flexibility index (Phi) is 4.35. The van der Waals surface area contributed by atoms with Crippen LogP contribution in [-0.4, -0.2) is 11.9 Å². The fraction of sp³-hybridized carbons (Fsp3) is 0.462. The Morgan fingerprint density at radius 3 is 2.62 bits per heavy atom. The second-order valence-corrected chi connectivity index (χ2v) is 4.52. The summed E-state index contributed by atoms with van der Waals surface area (Å²) < 4.78 is 0. The van der Waals surface area contributed by atoms with E-state index in [2.05, 4.69) is 19.2 Å². The van der Waals surface area contributed by atoms with Crippen LogP contribution in [0.3, 0.4) is 0 Å². The molecule has 0 aliphatic carbocycles. The maximum atomic E-state index is 11.7. The fourth-order valence-electron chi connectivity index (χ4n) is 1.36. The van der Waals surface area contributed by atoms with Crippen LogP contribution in [0.4, 0.5) is 5.69 Å². The maximum Gasteiger partial charge on any atom is 0.224 e. The van der Waals surface area contributed by atoms with Crippen LogP contribution in [0.1, 0.15) is 26.3 Å². The van der Waals surface area contributed by atoms with Crippen molar-refractivity contribution in [1.29, 1.82) is 0 Å². The summed E-state index contributed by atoms with van der Waals surface area (Å²) >= 11 is 0. The monoisotopic (exact) mass is 220 g/mol. The molecule has 0 heterocycles. The zero-order valence-electron chi connectivity index (χ0n) is 10.2. The van der Waals surface area contributed by atoms with Crippen molar-refractivity contribution in [2.45, 2.75) is 33.2 Å². The van der Waals surface area contributed by atoms with Gasteiger partial charge in [0.1, 0.15) is 0 Å². The highest BCUT2D eigenvalue weighted by Crippen LogP contribution is 2.07. The zero-order chi connectivity index (χ0) is 12.1. The Morgan fingerprint density at radius 1 is 1.38 bits per heavy atom. The number of benzene rings is 1. The quantitative estimate of drug-likeness (QED) is 0.762. The lowest BCUT2D eigenvalue weighted by molar-refractivity contribution is -0.121. The topological polar surface area (TPSA) is 55.1 Å². The third-order valence-electron chi connectivity index (χ3n) is 2.70. The molecule has 1 amide bonds. The van der Waals surface area contributed by atoms with Crippen molar-refractivity contribution in [1.82, 2.24) is 5.32 Å². The summed E-state index contributed by atoms with van der Waals surface area (Å²) in [6.07, 6.45) is 0.391. The lowest BCUT2D eigenvalue weighted by atomic mass is 10.1. The Balaban J connectivity index is 2.52. The van der Waals surface area contributed by atoms with Crippen molar-refractivity contribution in [2.75, 3.05) is 5.73 Å². The average Bonchev–Trinajstić information content (AvgIpc) is 2.16. The Morgan fingerprint density at radius 2 is 2.06 bits per heavy atom. The highest BCUT2D eigenvalue weighted by atomic mass is 16.1. The van der Waals surface area contributed by atoms with Crippen LogP contribution in [0.5, 0.6) is 0 Å². The number of hydrogen-bond acceptors (Lipinski definition) is 2. The van der Waals surface area contributed by atoms with Gasteiger partial charge in [-0.3, -0.25) is 4.79 Å². The van der Waals surface area contributed by atoms with Crippen LogP contribution in [-0.2, 0) is 11.2 Å². The summed E-state index contributed by atoms with van der Waals surface area (Å²) in [5.41, 5.74) is 7.30. The molecule has 3 heteroatoms. The van der Waals surface area contributed by atoms with Crippen LogP contribution >= 0.6 is 0 Å². The highest BCUT2D eigenvalue weighted by molar-refractivity contribution is 5.79. The van der Waals surface area contributed by atoms with E-state index in [1.54, 1.807) is 0 Å². The minimum Gasteiger partial charge on any atom is -0.399 e.